The van der Waals surface area contributed by atoms with Crippen molar-refractivity contribution in [1.29, 1.82) is 0 Å². The van der Waals surface area contributed by atoms with E-state index < -0.39 is 12.3 Å². The van der Waals surface area contributed by atoms with Gasteiger partial charge in [0, 0.05) is 5.56 Å². The van der Waals surface area contributed by atoms with Gasteiger partial charge in [-0.3, -0.25) is 0 Å². The van der Waals surface area contributed by atoms with Gasteiger partial charge in [0.1, 0.15) is 0 Å². The Balaban J connectivity index is 2.33. The van der Waals surface area contributed by atoms with Crippen molar-refractivity contribution in [3.8, 4) is 11.4 Å². The molecule has 0 unspecified atom stereocenters. The lowest BCUT2D eigenvalue weighted by atomic mass is 10.1. The van der Waals surface area contributed by atoms with Crippen LogP contribution in [0.3, 0.4) is 0 Å². The van der Waals surface area contributed by atoms with Crippen LogP contribution in [0.4, 0.5) is 8.78 Å². The van der Waals surface area contributed by atoms with Gasteiger partial charge in [0.15, 0.2) is 0 Å². The van der Waals surface area contributed by atoms with Crippen molar-refractivity contribution in [3.05, 3.63) is 35.7 Å². The van der Waals surface area contributed by atoms with Crippen LogP contribution in [0.5, 0.6) is 0 Å². The molecule has 0 aliphatic rings. The van der Waals surface area contributed by atoms with Crippen LogP contribution >= 0.6 is 0 Å². The molecule has 1 heterocycles. The number of aromatic nitrogens is 2. The van der Waals surface area contributed by atoms with Crippen molar-refractivity contribution < 1.29 is 13.3 Å². The highest BCUT2D eigenvalue weighted by molar-refractivity contribution is 5.54. The highest BCUT2D eigenvalue weighted by Crippen LogP contribution is 2.21. The summed E-state index contributed by atoms with van der Waals surface area (Å²) < 4.78 is 28.7. The van der Waals surface area contributed by atoms with Gasteiger partial charge in [-0.15, -0.1) is 0 Å². The van der Waals surface area contributed by atoms with E-state index in [2.05, 4.69) is 14.7 Å². The molecule has 0 amide bonds. The van der Waals surface area contributed by atoms with E-state index in [0.717, 1.165) is 5.56 Å². The molecule has 0 fully saturated rings. The fourth-order valence-electron chi connectivity index (χ4n) is 1.14. The molecule has 0 aliphatic heterocycles. The smallest absolute Gasteiger partial charge is 0.315 e. The third kappa shape index (κ3) is 2.01. The van der Waals surface area contributed by atoms with Crippen molar-refractivity contribution in [3.63, 3.8) is 0 Å². The molecule has 0 N–H and O–H groups in total. The van der Waals surface area contributed by atoms with Crippen LogP contribution in [0.2, 0.25) is 0 Å². The van der Waals surface area contributed by atoms with Gasteiger partial charge in [-0.2, -0.15) is 13.8 Å². The normalized spacial score (nSPS) is 10.9. The Hall–Kier alpha value is -1.78. The second-order valence-electron chi connectivity index (χ2n) is 3.12. The summed E-state index contributed by atoms with van der Waals surface area (Å²) in [5.74, 6) is -0.462. The molecule has 2 rings (SSSR count). The number of halogens is 2. The predicted octanol–water partition coefficient (Wildman–Crippen LogP) is 2.98. The summed E-state index contributed by atoms with van der Waals surface area (Å²) >= 11 is 0. The molecule has 78 valence electrons. The van der Waals surface area contributed by atoms with Gasteiger partial charge in [0.05, 0.1) is 0 Å². The van der Waals surface area contributed by atoms with Gasteiger partial charge < -0.3 is 4.52 Å². The molecule has 0 atom stereocenters. The molecule has 0 bridgehead atoms. The molecular formula is C10H8F2N2O. The Labute approximate surface area is 84.7 Å². The third-order valence-corrected chi connectivity index (χ3v) is 1.94. The average Bonchev–Trinajstić information content (AvgIpc) is 2.68. The number of rotatable bonds is 2. The molecule has 0 aliphatic carbocycles. The molecule has 1 aromatic carbocycles. The number of hydrogen-bond donors (Lipinski definition) is 0. The summed E-state index contributed by atoms with van der Waals surface area (Å²) in [4.78, 5) is 3.58. The van der Waals surface area contributed by atoms with E-state index in [0.29, 0.717) is 5.56 Å². The number of aryl methyl sites for hydroxylation is 1. The van der Waals surface area contributed by atoms with Crippen LogP contribution in [0.25, 0.3) is 11.4 Å². The topological polar surface area (TPSA) is 38.9 Å². The summed E-state index contributed by atoms with van der Waals surface area (Å²) in [5, 5.41) is 3.47. The lowest BCUT2D eigenvalue weighted by Gasteiger charge is -1.94. The van der Waals surface area contributed by atoms with Crippen LogP contribution in [0.15, 0.2) is 28.8 Å². The van der Waals surface area contributed by atoms with Crippen LogP contribution in [-0.4, -0.2) is 10.1 Å². The number of nitrogens with zero attached hydrogens (tertiary/aromatic N) is 2. The zero-order chi connectivity index (χ0) is 10.8. The number of benzene rings is 1. The van der Waals surface area contributed by atoms with Gasteiger partial charge in [-0.25, -0.2) is 0 Å². The first-order chi connectivity index (χ1) is 7.16. The summed E-state index contributed by atoms with van der Waals surface area (Å²) in [5.41, 5.74) is 1.74. The van der Waals surface area contributed by atoms with E-state index in [1.54, 1.807) is 12.1 Å². The Morgan fingerprint density at radius 2 is 1.87 bits per heavy atom. The Morgan fingerprint density at radius 3 is 2.40 bits per heavy atom. The molecule has 0 radical (unpaired) electrons. The fourth-order valence-corrected chi connectivity index (χ4v) is 1.14. The average molecular weight is 210 g/mol. The summed E-state index contributed by atoms with van der Waals surface area (Å²) in [6.45, 7) is 1.94. The Bertz CT molecular complexity index is 451. The Kier molecular flexibility index (Phi) is 2.45. The molecule has 1 aromatic heterocycles. The predicted molar refractivity (Wildman–Crippen MR) is 49.4 cm³/mol. The van der Waals surface area contributed by atoms with Crippen molar-refractivity contribution in [2.75, 3.05) is 0 Å². The van der Waals surface area contributed by atoms with E-state index in [-0.39, 0.29) is 5.82 Å². The van der Waals surface area contributed by atoms with Crippen molar-refractivity contribution in [2.24, 2.45) is 0 Å². The molecule has 0 saturated carbocycles. The first-order valence-corrected chi connectivity index (χ1v) is 4.35. The molecule has 0 saturated heterocycles. The first-order valence-electron chi connectivity index (χ1n) is 4.35. The molecule has 3 nitrogen and oxygen atoms in total. The van der Waals surface area contributed by atoms with E-state index in [9.17, 15) is 8.78 Å². The first kappa shape index (κ1) is 9.76. The van der Waals surface area contributed by atoms with Crippen LogP contribution in [0, 0.1) is 6.92 Å². The SMILES string of the molecule is Cc1ccc(-c2noc(C(F)F)n2)cc1. The van der Waals surface area contributed by atoms with E-state index in [1.165, 1.54) is 0 Å². The van der Waals surface area contributed by atoms with Crippen molar-refractivity contribution in [1.82, 2.24) is 10.1 Å². The summed E-state index contributed by atoms with van der Waals surface area (Å²) in [7, 11) is 0. The van der Waals surface area contributed by atoms with E-state index in [4.69, 9.17) is 0 Å². The summed E-state index contributed by atoms with van der Waals surface area (Å²) in [6.07, 6.45) is -2.73. The van der Waals surface area contributed by atoms with Crippen LogP contribution in [0.1, 0.15) is 17.9 Å². The van der Waals surface area contributed by atoms with Crippen molar-refractivity contribution >= 4 is 0 Å². The third-order valence-electron chi connectivity index (χ3n) is 1.94. The van der Waals surface area contributed by atoms with Gasteiger partial charge in [-0.1, -0.05) is 35.0 Å². The Morgan fingerprint density at radius 1 is 1.20 bits per heavy atom. The maximum Gasteiger partial charge on any atom is 0.315 e. The minimum absolute atomic E-state index is 0.185. The minimum Gasteiger partial charge on any atom is -0.333 e. The van der Waals surface area contributed by atoms with Crippen LogP contribution in [-0.2, 0) is 0 Å². The second-order valence-corrected chi connectivity index (χ2v) is 3.12. The van der Waals surface area contributed by atoms with Crippen molar-refractivity contribution in [2.45, 2.75) is 13.3 Å². The molecule has 5 heteroatoms. The lowest BCUT2D eigenvalue weighted by molar-refractivity contribution is 0.106. The van der Waals surface area contributed by atoms with Gasteiger partial charge >= 0.3 is 6.43 Å². The number of hydrogen-bond acceptors (Lipinski definition) is 3. The molecule has 0 spiro atoms. The van der Waals surface area contributed by atoms with E-state index in [1.807, 2.05) is 19.1 Å². The van der Waals surface area contributed by atoms with Gasteiger partial charge in [-0.05, 0) is 6.92 Å². The van der Waals surface area contributed by atoms with E-state index >= 15 is 0 Å². The largest absolute Gasteiger partial charge is 0.333 e. The minimum atomic E-state index is -2.73. The summed E-state index contributed by atoms with van der Waals surface area (Å²) in [6, 6.07) is 7.23. The fraction of sp³-hybridized carbons (Fsp3) is 0.200. The lowest BCUT2D eigenvalue weighted by Crippen LogP contribution is -1.84. The van der Waals surface area contributed by atoms with Gasteiger partial charge in [0.25, 0.3) is 5.89 Å². The highest BCUT2D eigenvalue weighted by atomic mass is 19.3. The van der Waals surface area contributed by atoms with Gasteiger partial charge in [0.2, 0.25) is 5.82 Å². The monoisotopic (exact) mass is 210 g/mol. The number of alkyl halides is 2. The zero-order valence-electron chi connectivity index (χ0n) is 7.95. The quantitative estimate of drug-likeness (QED) is 0.764. The molecule has 2 aromatic rings. The molecule has 15 heavy (non-hydrogen) atoms. The maximum absolute atomic E-state index is 12.2. The maximum atomic E-state index is 12.2. The molecular weight excluding hydrogens is 202 g/mol. The zero-order valence-corrected chi connectivity index (χ0v) is 7.95. The highest BCUT2D eigenvalue weighted by Gasteiger charge is 2.16. The standard InChI is InChI=1S/C10H8F2N2O/c1-6-2-4-7(5-3-6)9-13-10(8(11)12)15-14-9/h2-5,8H,1H3. The second kappa shape index (κ2) is 3.76. The van der Waals surface area contributed by atoms with Crippen LogP contribution < -0.4 is 0 Å².